The van der Waals surface area contributed by atoms with Crippen LogP contribution in [0.15, 0.2) is 60.8 Å². The van der Waals surface area contributed by atoms with Crippen LogP contribution in [-0.4, -0.2) is 20.4 Å². The summed E-state index contributed by atoms with van der Waals surface area (Å²) in [5.41, 5.74) is 5.15. The van der Waals surface area contributed by atoms with Gasteiger partial charge >= 0.3 is 0 Å². The number of benzene rings is 2. The molecule has 0 atom stereocenters. The zero-order valence-electron chi connectivity index (χ0n) is 15.6. The highest BCUT2D eigenvalue weighted by molar-refractivity contribution is 14.1. The van der Waals surface area contributed by atoms with Gasteiger partial charge in [0.15, 0.2) is 5.78 Å². The van der Waals surface area contributed by atoms with Gasteiger partial charge in [-0.2, -0.15) is 0 Å². The van der Waals surface area contributed by atoms with Gasteiger partial charge < -0.3 is 0 Å². The molecule has 4 nitrogen and oxygen atoms in total. The van der Waals surface area contributed by atoms with E-state index in [0.29, 0.717) is 6.42 Å². The molecule has 2 aromatic carbocycles. The second-order valence-corrected chi connectivity index (χ2v) is 9.52. The molecular formula is C23H18IN3OS. The summed E-state index contributed by atoms with van der Waals surface area (Å²) < 4.78 is 6.16. The fourth-order valence-corrected chi connectivity index (χ4v) is 5.01. The molecule has 0 radical (unpaired) electrons. The van der Waals surface area contributed by atoms with Gasteiger partial charge in [-0.15, -0.1) is 5.10 Å². The highest BCUT2D eigenvalue weighted by atomic mass is 127. The number of hydrogen-bond donors (Lipinski definition) is 0. The molecule has 1 aliphatic carbocycles. The second-order valence-electron chi connectivity index (χ2n) is 7.57. The number of fused-ring (bicyclic) bond motifs is 1. The van der Waals surface area contributed by atoms with E-state index in [4.69, 9.17) is 0 Å². The number of ketones is 1. The number of rotatable bonds is 6. The largest absolute Gasteiger partial charge is 0.294 e. The minimum absolute atomic E-state index is 0.121. The average Bonchev–Trinajstić information content (AvgIpc) is 3.40. The van der Waals surface area contributed by atoms with Gasteiger partial charge in [-0.3, -0.25) is 9.78 Å². The fraction of sp³-hybridized carbons (Fsp3) is 0.217. The van der Waals surface area contributed by atoms with Crippen LogP contribution in [-0.2, 0) is 5.41 Å². The number of pyridine rings is 1. The van der Waals surface area contributed by atoms with Crippen molar-refractivity contribution in [3.8, 4) is 11.3 Å². The first-order valence-electron chi connectivity index (χ1n) is 9.61. The Morgan fingerprint density at radius 1 is 1.10 bits per heavy atom. The number of nitrogens with zero attached hydrogens (tertiary/aromatic N) is 3. The summed E-state index contributed by atoms with van der Waals surface area (Å²) in [5.74, 6) is 0.182. The van der Waals surface area contributed by atoms with Gasteiger partial charge in [-0.25, -0.2) is 0 Å². The molecule has 5 rings (SSSR count). The smallest absolute Gasteiger partial charge is 0.162 e. The molecule has 0 bridgehead atoms. The molecule has 0 unspecified atom stereocenters. The van der Waals surface area contributed by atoms with E-state index < -0.39 is 0 Å². The Balaban J connectivity index is 1.36. The van der Waals surface area contributed by atoms with Crippen molar-refractivity contribution in [2.45, 2.75) is 31.1 Å². The van der Waals surface area contributed by atoms with Gasteiger partial charge in [0.1, 0.15) is 5.52 Å². The lowest BCUT2D eigenvalue weighted by molar-refractivity contribution is 0.0976. The zero-order chi connectivity index (χ0) is 19.8. The Hall–Kier alpha value is -2.19. The van der Waals surface area contributed by atoms with Crippen molar-refractivity contribution < 1.29 is 4.79 Å². The molecule has 144 valence electrons. The summed E-state index contributed by atoms with van der Waals surface area (Å²) in [6.45, 7) is 0. The topological polar surface area (TPSA) is 55.7 Å². The van der Waals surface area contributed by atoms with Crippen molar-refractivity contribution >= 4 is 50.1 Å². The number of carbonyl (C=O) groups is 1. The van der Waals surface area contributed by atoms with E-state index >= 15 is 0 Å². The predicted octanol–water partition coefficient (Wildman–Crippen LogP) is 6.05. The van der Waals surface area contributed by atoms with Crippen molar-refractivity contribution in [2.24, 2.45) is 0 Å². The third-order valence-electron chi connectivity index (χ3n) is 5.77. The summed E-state index contributed by atoms with van der Waals surface area (Å²) in [7, 11) is 0. The van der Waals surface area contributed by atoms with Gasteiger partial charge in [0.05, 0.1) is 10.4 Å². The van der Waals surface area contributed by atoms with Crippen LogP contribution in [0.5, 0.6) is 0 Å². The Kier molecular flexibility index (Phi) is 4.91. The van der Waals surface area contributed by atoms with Crippen LogP contribution in [0.4, 0.5) is 0 Å². The molecule has 1 aliphatic rings. The van der Waals surface area contributed by atoms with Gasteiger partial charge in [0.2, 0.25) is 0 Å². The molecule has 1 fully saturated rings. The normalized spacial score (nSPS) is 14.8. The molecular weight excluding hydrogens is 493 g/mol. The molecule has 0 spiro atoms. The molecule has 0 saturated heterocycles. The monoisotopic (exact) mass is 511 g/mol. The second kappa shape index (κ2) is 7.57. The minimum Gasteiger partial charge on any atom is -0.294 e. The predicted molar refractivity (Wildman–Crippen MR) is 124 cm³/mol. The SMILES string of the molecule is O=C(CCC1(c2ccc(I)c(-c3ccccn3)c2)CC1)c1ccc2snnc2c1. The first-order chi connectivity index (χ1) is 14.1. The Labute approximate surface area is 186 Å². The first-order valence-corrected chi connectivity index (χ1v) is 11.5. The summed E-state index contributed by atoms with van der Waals surface area (Å²) >= 11 is 3.73. The Morgan fingerprint density at radius 2 is 2.00 bits per heavy atom. The summed E-state index contributed by atoms with van der Waals surface area (Å²) in [4.78, 5) is 17.3. The summed E-state index contributed by atoms with van der Waals surface area (Å²) in [6.07, 6.45) is 5.53. The fourth-order valence-electron chi connectivity index (χ4n) is 3.86. The number of carbonyl (C=O) groups excluding carboxylic acids is 1. The lowest BCUT2D eigenvalue weighted by Gasteiger charge is -2.17. The van der Waals surface area contributed by atoms with Crippen LogP contribution in [0, 0.1) is 3.57 Å². The molecule has 0 aliphatic heterocycles. The zero-order valence-corrected chi connectivity index (χ0v) is 18.6. The van der Waals surface area contributed by atoms with Gasteiger partial charge in [0, 0.05) is 27.3 Å². The molecule has 0 N–H and O–H groups in total. The number of aromatic nitrogens is 3. The van der Waals surface area contributed by atoms with Gasteiger partial charge in [0.25, 0.3) is 0 Å². The molecule has 6 heteroatoms. The van der Waals surface area contributed by atoms with E-state index in [9.17, 15) is 4.79 Å². The summed E-state index contributed by atoms with van der Waals surface area (Å²) in [5, 5.41) is 4.09. The maximum Gasteiger partial charge on any atom is 0.162 e. The van der Waals surface area contributed by atoms with Crippen molar-refractivity contribution in [3.05, 3.63) is 75.5 Å². The number of hydrogen-bond acceptors (Lipinski definition) is 5. The van der Waals surface area contributed by atoms with Crippen LogP contribution in [0.1, 0.15) is 41.6 Å². The van der Waals surface area contributed by atoms with E-state index in [2.05, 4.69) is 55.4 Å². The van der Waals surface area contributed by atoms with Crippen molar-refractivity contribution in [3.63, 3.8) is 0 Å². The molecule has 1 saturated carbocycles. The van der Waals surface area contributed by atoms with E-state index in [1.807, 2.05) is 42.6 Å². The molecule has 2 heterocycles. The van der Waals surface area contributed by atoms with Crippen molar-refractivity contribution in [1.82, 2.24) is 14.6 Å². The van der Waals surface area contributed by atoms with Crippen LogP contribution in [0.3, 0.4) is 0 Å². The van der Waals surface area contributed by atoms with E-state index in [1.54, 1.807) is 0 Å². The van der Waals surface area contributed by atoms with Crippen molar-refractivity contribution in [1.29, 1.82) is 0 Å². The van der Waals surface area contributed by atoms with Crippen LogP contribution in [0.2, 0.25) is 0 Å². The van der Waals surface area contributed by atoms with Crippen molar-refractivity contribution in [2.75, 3.05) is 0 Å². The molecule has 2 aromatic heterocycles. The Morgan fingerprint density at radius 3 is 2.79 bits per heavy atom. The number of halogens is 1. The maximum atomic E-state index is 12.8. The summed E-state index contributed by atoms with van der Waals surface area (Å²) in [6, 6.07) is 18.4. The minimum atomic E-state index is 0.121. The average molecular weight is 511 g/mol. The maximum absolute atomic E-state index is 12.8. The third-order valence-corrected chi connectivity index (χ3v) is 7.42. The van der Waals surface area contributed by atoms with Crippen LogP contribution < -0.4 is 0 Å². The number of Topliss-reactive ketones (excluding diaryl/α,β-unsaturated/α-hetero) is 1. The van der Waals surface area contributed by atoms with E-state index in [0.717, 1.165) is 40.7 Å². The molecule has 0 amide bonds. The van der Waals surface area contributed by atoms with Gasteiger partial charge in [-0.1, -0.05) is 16.6 Å². The molecule has 4 aromatic rings. The molecule has 29 heavy (non-hydrogen) atoms. The van der Waals surface area contributed by atoms with E-state index in [1.165, 1.54) is 26.2 Å². The van der Waals surface area contributed by atoms with Crippen LogP contribution >= 0.6 is 34.1 Å². The first kappa shape index (κ1) is 18.8. The highest BCUT2D eigenvalue weighted by Crippen LogP contribution is 2.52. The van der Waals surface area contributed by atoms with E-state index in [-0.39, 0.29) is 11.2 Å². The third kappa shape index (κ3) is 3.71. The lowest BCUT2D eigenvalue weighted by atomic mass is 9.88. The quantitative estimate of drug-likeness (QED) is 0.234. The highest BCUT2D eigenvalue weighted by Gasteiger charge is 2.44. The lowest BCUT2D eigenvalue weighted by Crippen LogP contribution is -2.10. The Bertz CT molecular complexity index is 1200. The standard InChI is InChI=1S/C23H18IN3OS/c24-18-6-5-16(14-17(18)19-3-1-2-12-25-19)23(10-11-23)9-8-21(28)15-4-7-22-20(13-15)26-27-29-22/h1-7,12-14H,8-11H2. The van der Waals surface area contributed by atoms with Crippen LogP contribution in [0.25, 0.3) is 21.5 Å². The van der Waals surface area contributed by atoms with Gasteiger partial charge in [-0.05, 0) is 107 Å².